The van der Waals surface area contributed by atoms with Crippen molar-refractivity contribution in [3.8, 4) is 11.5 Å². The summed E-state index contributed by atoms with van der Waals surface area (Å²) in [6.07, 6.45) is 1.56. The zero-order chi connectivity index (χ0) is 17.6. The van der Waals surface area contributed by atoms with Gasteiger partial charge in [-0.1, -0.05) is 23.7 Å². The molecule has 1 aliphatic rings. The largest absolute Gasteiger partial charge is 0.454 e. The van der Waals surface area contributed by atoms with Crippen molar-refractivity contribution in [2.45, 2.75) is 5.75 Å². The van der Waals surface area contributed by atoms with E-state index in [9.17, 15) is 4.79 Å². The van der Waals surface area contributed by atoms with Crippen LogP contribution in [0.15, 0.2) is 46.0 Å². The number of ether oxygens (including phenoxy) is 2. The Hall–Kier alpha value is -1.70. The zero-order valence-corrected chi connectivity index (χ0v) is 16.2. The molecule has 1 heterocycles. The van der Waals surface area contributed by atoms with E-state index >= 15 is 0 Å². The van der Waals surface area contributed by atoms with E-state index in [-0.39, 0.29) is 12.7 Å². The molecular weight excluding hydrogens is 428 g/mol. The fourth-order valence-electron chi connectivity index (χ4n) is 2.13. The molecule has 0 radical (unpaired) electrons. The molecule has 1 N–H and O–H groups in total. The van der Waals surface area contributed by atoms with Gasteiger partial charge in [-0.15, -0.1) is 11.8 Å². The lowest BCUT2D eigenvalue weighted by atomic mass is 10.2. The Balaban J connectivity index is 1.46. The monoisotopic (exact) mass is 440 g/mol. The summed E-state index contributed by atoms with van der Waals surface area (Å²) in [7, 11) is 0. The average Bonchev–Trinajstić information content (AvgIpc) is 3.02. The van der Waals surface area contributed by atoms with Crippen LogP contribution < -0.4 is 14.9 Å². The third kappa shape index (κ3) is 5.14. The first-order chi connectivity index (χ1) is 12.1. The van der Waals surface area contributed by atoms with Gasteiger partial charge in [0, 0.05) is 20.8 Å². The summed E-state index contributed by atoms with van der Waals surface area (Å²) in [4.78, 5) is 11.8. The SMILES string of the molecule is O=C(CSCc1cccc(Cl)c1)N/N=C\c1cc2c(cc1Br)OCO2. The molecular formula is C17H14BrClN2O3S. The van der Waals surface area contributed by atoms with Gasteiger partial charge in [-0.3, -0.25) is 4.79 Å². The van der Waals surface area contributed by atoms with Crippen molar-refractivity contribution in [3.63, 3.8) is 0 Å². The fourth-order valence-corrected chi connectivity index (χ4v) is 3.53. The molecule has 1 amide bonds. The van der Waals surface area contributed by atoms with Crippen LogP contribution in [0.4, 0.5) is 0 Å². The van der Waals surface area contributed by atoms with Crippen LogP contribution in [0.2, 0.25) is 5.02 Å². The highest BCUT2D eigenvalue weighted by atomic mass is 79.9. The van der Waals surface area contributed by atoms with Crippen LogP contribution in [0.3, 0.4) is 0 Å². The summed E-state index contributed by atoms with van der Waals surface area (Å²) in [6.45, 7) is 0.211. The summed E-state index contributed by atoms with van der Waals surface area (Å²) in [5.74, 6) is 2.20. The minimum Gasteiger partial charge on any atom is -0.454 e. The molecule has 0 unspecified atom stereocenters. The molecule has 3 rings (SSSR count). The van der Waals surface area contributed by atoms with E-state index in [0.29, 0.717) is 28.0 Å². The van der Waals surface area contributed by atoms with Gasteiger partial charge in [0.2, 0.25) is 12.7 Å². The maximum atomic E-state index is 11.8. The third-order valence-electron chi connectivity index (χ3n) is 3.28. The number of hydrogen-bond acceptors (Lipinski definition) is 5. The number of carbonyl (C=O) groups is 1. The van der Waals surface area contributed by atoms with Crippen molar-refractivity contribution in [3.05, 3.63) is 57.0 Å². The molecule has 5 nitrogen and oxygen atoms in total. The smallest absolute Gasteiger partial charge is 0.250 e. The quantitative estimate of drug-likeness (QED) is 0.539. The van der Waals surface area contributed by atoms with E-state index in [1.165, 1.54) is 11.8 Å². The summed E-state index contributed by atoms with van der Waals surface area (Å²) >= 11 is 10.9. The van der Waals surface area contributed by atoms with Gasteiger partial charge in [0.15, 0.2) is 11.5 Å². The highest BCUT2D eigenvalue weighted by molar-refractivity contribution is 9.10. The van der Waals surface area contributed by atoms with Crippen molar-refractivity contribution >= 4 is 51.4 Å². The molecule has 1 aliphatic heterocycles. The van der Waals surface area contributed by atoms with Gasteiger partial charge in [0.1, 0.15) is 0 Å². The number of benzene rings is 2. The first kappa shape index (κ1) is 18.1. The summed E-state index contributed by atoms with van der Waals surface area (Å²) in [6, 6.07) is 11.2. The van der Waals surface area contributed by atoms with Crippen molar-refractivity contribution in [2.24, 2.45) is 5.10 Å². The summed E-state index contributed by atoms with van der Waals surface area (Å²) in [5.41, 5.74) is 4.38. The molecule has 0 aliphatic carbocycles. The minimum atomic E-state index is -0.167. The Morgan fingerprint density at radius 1 is 1.32 bits per heavy atom. The van der Waals surface area contributed by atoms with Crippen molar-refractivity contribution in [1.82, 2.24) is 5.43 Å². The number of rotatable bonds is 6. The van der Waals surface area contributed by atoms with Crippen LogP contribution in [0.25, 0.3) is 0 Å². The molecule has 130 valence electrons. The van der Waals surface area contributed by atoms with Gasteiger partial charge in [-0.25, -0.2) is 5.43 Å². The van der Waals surface area contributed by atoms with E-state index in [0.717, 1.165) is 15.6 Å². The number of nitrogens with one attached hydrogen (secondary N) is 1. The second-order valence-electron chi connectivity index (χ2n) is 5.14. The van der Waals surface area contributed by atoms with Gasteiger partial charge in [-0.2, -0.15) is 5.10 Å². The van der Waals surface area contributed by atoms with Crippen LogP contribution in [-0.4, -0.2) is 24.7 Å². The Morgan fingerprint density at radius 3 is 2.92 bits per heavy atom. The van der Waals surface area contributed by atoms with Crippen LogP contribution in [0.1, 0.15) is 11.1 Å². The number of amides is 1. The van der Waals surface area contributed by atoms with Crippen molar-refractivity contribution in [2.75, 3.05) is 12.5 Å². The highest BCUT2D eigenvalue weighted by Crippen LogP contribution is 2.36. The maximum absolute atomic E-state index is 11.8. The molecule has 2 aromatic carbocycles. The number of carbonyl (C=O) groups excluding carboxylic acids is 1. The zero-order valence-electron chi connectivity index (χ0n) is 13.0. The Kier molecular flexibility index (Phi) is 6.23. The van der Waals surface area contributed by atoms with Crippen molar-refractivity contribution in [1.29, 1.82) is 0 Å². The van der Waals surface area contributed by atoms with Crippen LogP contribution in [-0.2, 0) is 10.5 Å². The Morgan fingerprint density at radius 2 is 2.12 bits per heavy atom. The van der Waals surface area contributed by atoms with Gasteiger partial charge in [0.05, 0.1) is 12.0 Å². The normalized spacial score (nSPS) is 12.6. The molecule has 0 saturated carbocycles. The predicted molar refractivity (Wildman–Crippen MR) is 104 cm³/mol. The number of thioether (sulfide) groups is 1. The molecule has 0 saturated heterocycles. The summed E-state index contributed by atoms with van der Waals surface area (Å²) in [5, 5.41) is 4.68. The van der Waals surface area contributed by atoms with Gasteiger partial charge >= 0.3 is 0 Å². The number of fused-ring (bicyclic) bond motifs is 1. The second kappa shape index (κ2) is 8.60. The molecule has 25 heavy (non-hydrogen) atoms. The summed E-state index contributed by atoms with van der Waals surface area (Å²) < 4.78 is 11.4. The van der Waals surface area contributed by atoms with Gasteiger partial charge < -0.3 is 9.47 Å². The van der Waals surface area contributed by atoms with E-state index in [1.54, 1.807) is 12.3 Å². The molecule has 0 bridgehead atoms. The van der Waals surface area contributed by atoms with Crippen LogP contribution in [0, 0.1) is 0 Å². The first-order valence-corrected chi connectivity index (χ1v) is 9.67. The number of halogens is 2. The van der Waals surface area contributed by atoms with Gasteiger partial charge in [0.25, 0.3) is 0 Å². The van der Waals surface area contributed by atoms with E-state index in [4.69, 9.17) is 21.1 Å². The standard InChI is InChI=1S/C17H14BrClN2O3S/c18-14-6-16-15(23-10-24-16)5-12(14)7-20-21-17(22)9-25-8-11-2-1-3-13(19)4-11/h1-7H,8-10H2,(H,21,22)/b20-7-. The molecule has 0 spiro atoms. The molecule has 0 fully saturated rings. The first-order valence-electron chi connectivity index (χ1n) is 7.35. The lowest BCUT2D eigenvalue weighted by Crippen LogP contribution is -2.19. The number of hydrogen-bond donors (Lipinski definition) is 1. The van der Waals surface area contributed by atoms with E-state index in [1.807, 2.05) is 30.3 Å². The molecule has 8 heteroatoms. The minimum absolute atomic E-state index is 0.167. The Bertz CT molecular complexity index is 816. The maximum Gasteiger partial charge on any atom is 0.250 e. The van der Waals surface area contributed by atoms with Crippen LogP contribution in [0.5, 0.6) is 11.5 Å². The second-order valence-corrected chi connectivity index (χ2v) is 7.42. The fraction of sp³-hybridized carbons (Fsp3) is 0.176. The van der Waals surface area contributed by atoms with Gasteiger partial charge in [-0.05, 0) is 45.8 Å². The third-order valence-corrected chi connectivity index (χ3v) is 5.20. The molecule has 2 aromatic rings. The number of nitrogens with zero attached hydrogens (tertiary/aromatic N) is 1. The highest BCUT2D eigenvalue weighted by Gasteiger charge is 2.15. The molecule has 0 atom stereocenters. The number of hydrazone groups is 1. The van der Waals surface area contributed by atoms with E-state index < -0.39 is 0 Å². The van der Waals surface area contributed by atoms with Crippen LogP contribution >= 0.6 is 39.3 Å². The molecule has 0 aromatic heterocycles. The lowest BCUT2D eigenvalue weighted by molar-refractivity contribution is -0.118. The predicted octanol–water partition coefficient (Wildman–Crippen LogP) is 4.21. The Labute approximate surface area is 162 Å². The average molecular weight is 442 g/mol. The topological polar surface area (TPSA) is 59.9 Å². The van der Waals surface area contributed by atoms with E-state index in [2.05, 4.69) is 26.5 Å². The van der Waals surface area contributed by atoms with Crippen molar-refractivity contribution < 1.29 is 14.3 Å². The lowest BCUT2D eigenvalue weighted by Gasteiger charge is -2.03.